The molecule has 3 heteroatoms. The van der Waals surface area contributed by atoms with Gasteiger partial charge in [0.1, 0.15) is 11.6 Å². The molecule has 3 atom stereocenters. The van der Waals surface area contributed by atoms with Crippen LogP contribution >= 0.6 is 0 Å². The lowest BCUT2D eigenvalue weighted by molar-refractivity contribution is -0.130. The van der Waals surface area contributed by atoms with Gasteiger partial charge in [-0.3, -0.25) is 4.79 Å². The lowest BCUT2D eigenvalue weighted by Gasteiger charge is -2.19. The Balaban J connectivity index is 2.58. The molecular formula is C11H18O3. The van der Waals surface area contributed by atoms with Gasteiger partial charge in [0.25, 0.3) is 0 Å². The standard InChI is InChI=1S/C11H18O3/c1-7(12)6-10(9(3)13)11-5-4-8(2)14-11/h8,10-11H,4-6H2,1-3H3. The second-order valence-electron chi connectivity index (χ2n) is 4.19. The molecule has 1 fully saturated rings. The fraction of sp³-hybridized carbons (Fsp3) is 0.818. The van der Waals surface area contributed by atoms with Crippen LogP contribution in [0.15, 0.2) is 0 Å². The summed E-state index contributed by atoms with van der Waals surface area (Å²) in [6.07, 6.45) is 2.41. The van der Waals surface area contributed by atoms with Crippen molar-refractivity contribution in [2.75, 3.05) is 0 Å². The van der Waals surface area contributed by atoms with Crippen LogP contribution in [-0.4, -0.2) is 23.8 Å². The first-order chi connectivity index (χ1) is 6.50. The van der Waals surface area contributed by atoms with Crippen LogP contribution in [0.25, 0.3) is 0 Å². The Bertz CT molecular complexity index is 235. The zero-order chi connectivity index (χ0) is 10.7. The van der Waals surface area contributed by atoms with E-state index in [1.807, 2.05) is 6.92 Å². The van der Waals surface area contributed by atoms with Gasteiger partial charge in [-0.1, -0.05) is 0 Å². The molecule has 0 aromatic rings. The second kappa shape index (κ2) is 4.69. The fourth-order valence-corrected chi connectivity index (χ4v) is 1.98. The molecular weight excluding hydrogens is 180 g/mol. The van der Waals surface area contributed by atoms with E-state index >= 15 is 0 Å². The Kier molecular flexibility index (Phi) is 3.81. The third-order valence-corrected chi connectivity index (χ3v) is 2.74. The first kappa shape index (κ1) is 11.4. The quantitative estimate of drug-likeness (QED) is 0.691. The number of carbonyl (C=O) groups is 2. The maximum Gasteiger partial charge on any atom is 0.135 e. The van der Waals surface area contributed by atoms with Crippen molar-refractivity contribution < 1.29 is 14.3 Å². The molecule has 0 aromatic carbocycles. The number of hydrogen-bond acceptors (Lipinski definition) is 3. The zero-order valence-corrected chi connectivity index (χ0v) is 9.08. The number of rotatable bonds is 4. The highest BCUT2D eigenvalue weighted by atomic mass is 16.5. The lowest BCUT2D eigenvalue weighted by Crippen LogP contribution is -2.28. The molecule has 80 valence electrons. The summed E-state index contributed by atoms with van der Waals surface area (Å²) in [7, 11) is 0. The minimum atomic E-state index is -0.225. The van der Waals surface area contributed by atoms with Crippen molar-refractivity contribution in [1.29, 1.82) is 0 Å². The Hall–Kier alpha value is -0.700. The second-order valence-corrected chi connectivity index (χ2v) is 4.19. The van der Waals surface area contributed by atoms with Gasteiger partial charge < -0.3 is 9.53 Å². The van der Waals surface area contributed by atoms with Crippen molar-refractivity contribution in [3.05, 3.63) is 0 Å². The van der Waals surface area contributed by atoms with E-state index in [4.69, 9.17) is 4.74 Å². The summed E-state index contributed by atoms with van der Waals surface area (Å²) in [5, 5.41) is 0. The molecule has 1 aliphatic heterocycles. The summed E-state index contributed by atoms with van der Waals surface area (Å²) < 4.78 is 5.61. The number of hydrogen-bond donors (Lipinski definition) is 0. The predicted molar refractivity (Wildman–Crippen MR) is 53.0 cm³/mol. The summed E-state index contributed by atoms with van der Waals surface area (Å²) in [4.78, 5) is 22.3. The van der Waals surface area contributed by atoms with Crippen molar-refractivity contribution in [1.82, 2.24) is 0 Å². The molecule has 0 aromatic heterocycles. The molecule has 3 unspecified atom stereocenters. The normalized spacial score (nSPS) is 28.8. The molecule has 0 aliphatic carbocycles. The minimum Gasteiger partial charge on any atom is -0.375 e. The summed E-state index contributed by atoms with van der Waals surface area (Å²) in [6, 6.07) is 0. The number of ether oxygens (including phenoxy) is 1. The fourth-order valence-electron chi connectivity index (χ4n) is 1.98. The Labute approximate surface area is 84.8 Å². The van der Waals surface area contributed by atoms with Gasteiger partial charge in [-0.25, -0.2) is 0 Å². The van der Waals surface area contributed by atoms with Crippen LogP contribution in [0.5, 0.6) is 0 Å². The van der Waals surface area contributed by atoms with Crippen molar-refractivity contribution >= 4 is 11.6 Å². The summed E-state index contributed by atoms with van der Waals surface area (Å²) in [6.45, 7) is 5.07. The van der Waals surface area contributed by atoms with Gasteiger partial charge in [0.15, 0.2) is 0 Å². The van der Waals surface area contributed by atoms with Gasteiger partial charge in [0, 0.05) is 6.42 Å². The number of ketones is 2. The molecule has 0 radical (unpaired) electrons. The Morgan fingerprint density at radius 3 is 2.36 bits per heavy atom. The van der Waals surface area contributed by atoms with Gasteiger partial charge in [0.2, 0.25) is 0 Å². The van der Waals surface area contributed by atoms with Crippen LogP contribution < -0.4 is 0 Å². The van der Waals surface area contributed by atoms with Gasteiger partial charge in [-0.15, -0.1) is 0 Å². The average molecular weight is 198 g/mol. The van der Waals surface area contributed by atoms with Crippen LogP contribution in [-0.2, 0) is 14.3 Å². The smallest absolute Gasteiger partial charge is 0.135 e. The lowest BCUT2D eigenvalue weighted by atomic mass is 9.91. The van der Waals surface area contributed by atoms with E-state index in [9.17, 15) is 9.59 Å². The van der Waals surface area contributed by atoms with E-state index in [1.165, 1.54) is 6.92 Å². The van der Waals surface area contributed by atoms with Crippen molar-refractivity contribution in [2.45, 2.75) is 52.2 Å². The van der Waals surface area contributed by atoms with Crippen molar-refractivity contribution in [2.24, 2.45) is 5.92 Å². The van der Waals surface area contributed by atoms with Gasteiger partial charge in [0.05, 0.1) is 18.1 Å². The highest BCUT2D eigenvalue weighted by molar-refractivity contribution is 5.86. The highest BCUT2D eigenvalue weighted by Gasteiger charge is 2.32. The van der Waals surface area contributed by atoms with Crippen LogP contribution in [0, 0.1) is 5.92 Å². The first-order valence-electron chi connectivity index (χ1n) is 5.16. The van der Waals surface area contributed by atoms with E-state index < -0.39 is 0 Å². The van der Waals surface area contributed by atoms with E-state index in [0.717, 1.165) is 12.8 Å². The largest absolute Gasteiger partial charge is 0.375 e. The van der Waals surface area contributed by atoms with Crippen LogP contribution in [0.3, 0.4) is 0 Å². The maximum atomic E-state index is 11.3. The minimum absolute atomic E-state index is 0.0357. The summed E-state index contributed by atoms with van der Waals surface area (Å²) in [5.41, 5.74) is 0. The molecule has 1 heterocycles. The molecule has 0 spiro atoms. The van der Waals surface area contributed by atoms with E-state index in [-0.39, 0.29) is 29.7 Å². The van der Waals surface area contributed by atoms with Gasteiger partial charge in [-0.05, 0) is 33.6 Å². The third kappa shape index (κ3) is 2.91. The third-order valence-electron chi connectivity index (χ3n) is 2.74. The monoisotopic (exact) mass is 198 g/mol. The Morgan fingerprint density at radius 2 is 2.00 bits per heavy atom. The van der Waals surface area contributed by atoms with E-state index in [1.54, 1.807) is 6.92 Å². The van der Waals surface area contributed by atoms with E-state index in [0.29, 0.717) is 6.42 Å². The highest BCUT2D eigenvalue weighted by Crippen LogP contribution is 2.27. The first-order valence-corrected chi connectivity index (χ1v) is 5.16. The number of Topliss-reactive ketones (excluding diaryl/α,β-unsaturated/α-hetero) is 2. The molecule has 1 rings (SSSR count). The van der Waals surface area contributed by atoms with Crippen LogP contribution in [0.1, 0.15) is 40.0 Å². The molecule has 1 aliphatic rings. The average Bonchev–Trinajstić information content (AvgIpc) is 2.46. The van der Waals surface area contributed by atoms with Crippen LogP contribution in [0.4, 0.5) is 0 Å². The SMILES string of the molecule is CC(=O)CC(C(C)=O)C1CCC(C)O1. The molecule has 14 heavy (non-hydrogen) atoms. The molecule has 0 amide bonds. The van der Waals surface area contributed by atoms with Crippen molar-refractivity contribution in [3.63, 3.8) is 0 Å². The maximum absolute atomic E-state index is 11.3. The summed E-state index contributed by atoms with van der Waals surface area (Å²) in [5.74, 6) is -0.0925. The number of carbonyl (C=O) groups excluding carboxylic acids is 2. The topological polar surface area (TPSA) is 43.4 Å². The van der Waals surface area contributed by atoms with Crippen molar-refractivity contribution in [3.8, 4) is 0 Å². The van der Waals surface area contributed by atoms with E-state index in [2.05, 4.69) is 0 Å². The van der Waals surface area contributed by atoms with Gasteiger partial charge >= 0.3 is 0 Å². The molecule has 0 bridgehead atoms. The summed E-state index contributed by atoms with van der Waals surface area (Å²) >= 11 is 0. The Morgan fingerprint density at radius 1 is 1.36 bits per heavy atom. The zero-order valence-electron chi connectivity index (χ0n) is 9.08. The van der Waals surface area contributed by atoms with Crippen LogP contribution in [0.2, 0.25) is 0 Å². The predicted octanol–water partition coefficient (Wildman–Crippen LogP) is 1.74. The van der Waals surface area contributed by atoms with Gasteiger partial charge in [-0.2, -0.15) is 0 Å². The molecule has 0 saturated carbocycles. The molecule has 0 N–H and O–H groups in total. The molecule has 1 saturated heterocycles. The molecule has 3 nitrogen and oxygen atoms in total.